The fourth-order valence-corrected chi connectivity index (χ4v) is 1.76. The van der Waals surface area contributed by atoms with E-state index in [1.165, 1.54) is 0 Å². The van der Waals surface area contributed by atoms with E-state index in [-0.39, 0.29) is 11.4 Å². The third-order valence-electron chi connectivity index (χ3n) is 2.46. The summed E-state index contributed by atoms with van der Waals surface area (Å²) in [6.07, 6.45) is 1.10. The van der Waals surface area contributed by atoms with E-state index in [9.17, 15) is 4.79 Å². The highest BCUT2D eigenvalue weighted by Gasteiger charge is 2.14. The topological polar surface area (TPSA) is 55.1 Å². The summed E-state index contributed by atoms with van der Waals surface area (Å²) < 4.78 is 0.931. The molecule has 1 aromatic carbocycles. The molecular weight excluding hydrogens is 280 g/mol. The number of hydrogen-bond donors (Lipinski definition) is 2. The fourth-order valence-electron chi connectivity index (χ4n) is 1.39. The van der Waals surface area contributed by atoms with Gasteiger partial charge >= 0.3 is 0 Å². The van der Waals surface area contributed by atoms with Crippen LogP contribution in [-0.4, -0.2) is 11.4 Å². The number of amides is 1. The van der Waals surface area contributed by atoms with Gasteiger partial charge in [0.2, 0.25) is 5.91 Å². The Morgan fingerprint density at radius 2 is 2.12 bits per heavy atom. The van der Waals surface area contributed by atoms with Gasteiger partial charge in [-0.2, -0.15) is 0 Å². The van der Waals surface area contributed by atoms with Crippen LogP contribution >= 0.6 is 15.9 Å². The molecule has 0 bridgehead atoms. The van der Waals surface area contributed by atoms with Gasteiger partial charge < -0.3 is 11.1 Å². The molecule has 1 amide bonds. The molecule has 0 saturated heterocycles. The molecule has 0 radical (unpaired) electrons. The zero-order chi connectivity index (χ0) is 13.1. The number of nitrogens with one attached hydrogen (secondary N) is 1. The van der Waals surface area contributed by atoms with E-state index < -0.39 is 0 Å². The maximum Gasteiger partial charge on any atom is 0.224 e. The number of nitrogens with two attached hydrogens (primary N) is 1. The molecule has 1 rings (SSSR count). The normalized spacial score (nSPS) is 11.4. The predicted octanol–water partition coefficient (Wildman–Crippen LogP) is 3.21. The monoisotopic (exact) mass is 298 g/mol. The van der Waals surface area contributed by atoms with Gasteiger partial charge in [0.05, 0.1) is 5.69 Å². The molecule has 0 aliphatic carbocycles. The Labute approximate surface area is 111 Å². The van der Waals surface area contributed by atoms with Crippen molar-refractivity contribution in [1.29, 1.82) is 0 Å². The molecule has 0 fully saturated rings. The molecule has 0 saturated carbocycles. The summed E-state index contributed by atoms with van der Waals surface area (Å²) in [5, 5.41) is 2.88. The lowest BCUT2D eigenvalue weighted by atomic mass is 10.00. The number of aryl methyl sites for hydroxylation is 1. The first kappa shape index (κ1) is 14.2. The quantitative estimate of drug-likeness (QED) is 0.897. The molecule has 0 aromatic heterocycles. The van der Waals surface area contributed by atoms with Crippen molar-refractivity contribution >= 4 is 27.5 Å². The molecule has 0 spiro atoms. The Morgan fingerprint density at radius 1 is 1.47 bits per heavy atom. The van der Waals surface area contributed by atoms with Crippen LogP contribution in [0.3, 0.4) is 0 Å². The van der Waals surface area contributed by atoms with Crippen LogP contribution in [0.15, 0.2) is 22.7 Å². The van der Waals surface area contributed by atoms with Gasteiger partial charge in [0.15, 0.2) is 0 Å². The summed E-state index contributed by atoms with van der Waals surface area (Å²) >= 11 is 3.46. The first-order valence-electron chi connectivity index (χ1n) is 5.63. The molecule has 4 heteroatoms. The molecule has 0 aliphatic rings. The van der Waals surface area contributed by atoms with Crippen molar-refractivity contribution in [3.8, 4) is 0 Å². The minimum atomic E-state index is -0.304. The number of anilines is 1. The summed E-state index contributed by atoms with van der Waals surface area (Å²) in [4.78, 5) is 11.7. The maximum atomic E-state index is 11.7. The van der Waals surface area contributed by atoms with Gasteiger partial charge in [-0.15, -0.1) is 0 Å². The summed E-state index contributed by atoms with van der Waals surface area (Å²) in [5.74, 6) is -0.00479. The smallest absolute Gasteiger partial charge is 0.224 e. The van der Waals surface area contributed by atoms with E-state index in [1.54, 1.807) is 0 Å². The van der Waals surface area contributed by atoms with Crippen LogP contribution < -0.4 is 11.1 Å². The Morgan fingerprint density at radius 3 is 2.71 bits per heavy atom. The van der Waals surface area contributed by atoms with Crippen LogP contribution in [0.5, 0.6) is 0 Å². The standard InChI is InChI=1S/C13H19BrN2O/c1-9-5-4-6-10(12(9)14)16-11(17)7-8-13(2,3)15/h4-6H,7-8,15H2,1-3H3,(H,16,17). The molecule has 0 aliphatic heterocycles. The van der Waals surface area contributed by atoms with Crippen molar-refractivity contribution in [2.45, 2.75) is 39.2 Å². The predicted molar refractivity (Wildman–Crippen MR) is 75.0 cm³/mol. The van der Waals surface area contributed by atoms with Crippen LogP contribution in [0.2, 0.25) is 0 Å². The van der Waals surface area contributed by atoms with Crippen LogP contribution in [0.4, 0.5) is 5.69 Å². The summed E-state index contributed by atoms with van der Waals surface area (Å²) in [6.45, 7) is 5.83. The molecule has 3 N–H and O–H groups in total. The van der Waals surface area contributed by atoms with Crippen LogP contribution in [0.25, 0.3) is 0 Å². The Kier molecular flexibility index (Phi) is 4.71. The van der Waals surface area contributed by atoms with Crippen molar-refractivity contribution in [2.24, 2.45) is 5.73 Å². The van der Waals surface area contributed by atoms with Crippen molar-refractivity contribution in [3.63, 3.8) is 0 Å². The van der Waals surface area contributed by atoms with E-state index in [1.807, 2.05) is 39.0 Å². The second-order valence-electron chi connectivity index (χ2n) is 4.97. The van der Waals surface area contributed by atoms with Crippen molar-refractivity contribution in [2.75, 3.05) is 5.32 Å². The van der Waals surface area contributed by atoms with Crippen LogP contribution in [-0.2, 0) is 4.79 Å². The van der Waals surface area contributed by atoms with E-state index in [2.05, 4.69) is 21.2 Å². The average Bonchev–Trinajstić information content (AvgIpc) is 2.21. The van der Waals surface area contributed by atoms with Crippen molar-refractivity contribution in [1.82, 2.24) is 0 Å². The third-order valence-corrected chi connectivity index (χ3v) is 3.51. The highest BCUT2D eigenvalue weighted by molar-refractivity contribution is 9.10. The first-order valence-corrected chi connectivity index (χ1v) is 6.43. The van der Waals surface area contributed by atoms with Gasteiger partial charge in [-0.25, -0.2) is 0 Å². The van der Waals surface area contributed by atoms with Crippen LogP contribution in [0, 0.1) is 6.92 Å². The van der Waals surface area contributed by atoms with E-state index in [4.69, 9.17) is 5.73 Å². The molecule has 0 unspecified atom stereocenters. The number of carbonyl (C=O) groups excluding carboxylic acids is 1. The lowest BCUT2D eigenvalue weighted by molar-refractivity contribution is -0.116. The van der Waals surface area contributed by atoms with E-state index >= 15 is 0 Å². The Bertz CT molecular complexity index is 410. The molecule has 1 aromatic rings. The highest BCUT2D eigenvalue weighted by atomic mass is 79.9. The Hall–Kier alpha value is -0.870. The fraction of sp³-hybridized carbons (Fsp3) is 0.462. The third kappa shape index (κ3) is 4.88. The van der Waals surface area contributed by atoms with Gasteiger partial charge in [0, 0.05) is 16.4 Å². The SMILES string of the molecule is Cc1cccc(NC(=O)CCC(C)(C)N)c1Br. The van der Waals surface area contributed by atoms with Crippen LogP contribution in [0.1, 0.15) is 32.3 Å². The number of hydrogen-bond acceptors (Lipinski definition) is 2. The van der Waals surface area contributed by atoms with Crippen molar-refractivity contribution < 1.29 is 4.79 Å². The lowest BCUT2D eigenvalue weighted by Gasteiger charge is -2.17. The number of rotatable bonds is 4. The van der Waals surface area contributed by atoms with Gasteiger partial charge in [0.1, 0.15) is 0 Å². The minimum Gasteiger partial charge on any atom is -0.326 e. The first-order chi connectivity index (χ1) is 7.79. The number of carbonyl (C=O) groups is 1. The number of halogens is 1. The van der Waals surface area contributed by atoms with E-state index in [0.29, 0.717) is 12.8 Å². The molecule has 94 valence electrons. The van der Waals surface area contributed by atoms with Gasteiger partial charge in [0.25, 0.3) is 0 Å². The summed E-state index contributed by atoms with van der Waals surface area (Å²) in [5.41, 5.74) is 7.45. The largest absolute Gasteiger partial charge is 0.326 e. The average molecular weight is 299 g/mol. The van der Waals surface area contributed by atoms with Gasteiger partial charge in [-0.3, -0.25) is 4.79 Å². The highest BCUT2D eigenvalue weighted by Crippen LogP contribution is 2.25. The van der Waals surface area contributed by atoms with Gasteiger partial charge in [-0.1, -0.05) is 12.1 Å². The molecule has 0 heterocycles. The molecular formula is C13H19BrN2O. The zero-order valence-corrected chi connectivity index (χ0v) is 12.1. The second-order valence-corrected chi connectivity index (χ2v) is 5.77. The summed E-state index contributed by atoms with van der Waals surface area (Å²) in [6, 6.07) is 5.79. The number of benzene rings is 1. The Balaban J connectivity index is 2.60. The zero-order valence-electron chi connectivity index (χ0n) is 10.5. The summed E-state index contributed by atoms with van der Waals surface area (Å²) in [7, 11) is 0. The minimum absolute atomic E-state index is 0.00479. The van der Waals surface area contributed by atoms with E-state index in [0.717, 1.165) is 15.7 Å². The second kappa shape index (κ2) is 5.65. The maximum absolute atomic E-state index is 11.7. The lowest BCUT2D eigenvalue weighted by Crippen LogP contribution is -2.33. The molecule has 0 atom stereocenters. The van der Waals surface area contributed by atoms with Crippen molar-refractivity contribution in [3.05, 3.63) is 28.2 Å². The molecule has 3 nitrogen and oxygen atoms in total. The van der Waals surface area contributed by atoms with Gasteiger partial charge in [-0.05, 0) is 54.8 Å². The molecule has 17 heavy (non-hydrogen) atoms.